The van der Waals surface area contributed by atoms with Crippen LogP contribution in [0, 0.1) is 11.8 Å². The van der Waals surface area contributed by atoms with Gasteiger partial charge in [0.15, 0.2) is 0 Å². The van der Waals surface area contributed by atoms with Crippen LogP contribution in [-0.4, -0.2) is 53.2 Å². The van der Waals surface area contributed by atoms with Gasteiger partial charge in [0, 0.05) is 37.0 Å². The van der Waals surface area contributed by atoms with E-state index in [9.17, 15) is 14.7 Å². The Morgan fingerprint density at radius 1 is 1.00 bits per heavy atom. The topological polar surface area (TPSA) is 95.9 Å². The minimum Gasteiger partial charge on any atom is -0.477 e. The fourth-order valence-electron chi connectivity index (χ4n) is 5.51. The average Bonchev–Trinajstić information content (AvgIpc) is 3.32. The van der Waals surface area contributed by atoms with Gasteiger partial charge >= 0.3 is 5.97 Å². The molecule has 2 aliphatic rings. The molecule has 1 amide bonds. The minimum absolute atomic E-state index is 0.00444. The lowest BCUT2D eigenvalue weighted by Crippen LogP contribution is -2.47. The molecule has 208 valence electrons. The smallest absolute Gasteiger partial charge is 0.348 e. The molecule has 9 heteroatoms. The summed E-state index contributed by atoms with van der Waals surface area (Å²) in [6, 6.07) is 3.75. The van der Waals surface area contributed by atoms with Gasteiger partial charge in [0.05, 0.1) is 5.69 Å². The van der Waals surface area contributed by atoms with Crippen LogP contribution in [-0.2, 0) is 10.2 Å². The molecule has 0 bridgehead atoms. The molecule has 0 atom stereocenters. The normalized spacial score (nSPS) is 24.1. The van der Waals surface area contributed by atoms with Crippen molar-refractivity contribution in [2.24, 2.45) is 11.8 Å². The van der Waals surface area contributed by atoms with Gasteiger partial charge in [-0.1, -0.05) is 27.7 Å². The monoisotopic (exact) mass is 542 g/mol. The van der Waals surface area contributed by atoms with E-state index in [1.165, 1.54) is 17.7 Å². The number of carboxylic acid groups (broad SMARTS) is 1. The first kappa shape index (κ1) is 28.3. The molecule has 4 rings (SSSR count). The number of aromatic nitrogens is 2. The van der Waals surface area contributed by atoms with Gasteiger partial charge in [-0.3, -0.25) is 4.79 Å². The van der Waals surface area contributed by atoms with E-state index >= 15 is 0 Å². The molecule has 0 radical (unpaired) electrons. The van der Waals surface area contributed by atoms with Gasteiger partial charge in [-0.05, 0) is 68.8 Å². The Morgan fingerprint density at radius 2 is 1.66 bits per heavy atom. The number of rotatable bonds is 7. The number of ether oxygens (including phenoxy) is 1. The van der Waals surface area contributed by atoms with E-state index in [-0.39, 0.29) is 34.3 Å². The van der Waals surface area contributed by atoms with Gasteiger partial charge in [-0.2, -0.15) is 0 Å². The zero-order valence-electron chi connectivity index (χ0n) is 23.6. The standard InChI is InChI=1S/C29H42N4O4S/c1-18-7-9-19(10-8-18)27(34)33(22-15-23(29(2,3)4)38-26(22)28(35)36)20-11-13-21(14-12-20)37-25-16-24(32(5)6)30-17-31-25/h15-21H,7-14H2,1-6H3,(H,35,36). The number of carbonyl (C=O) groups is 2. The number of nitrogens with zero attached hydrogens (tertiary/aromatic N) is 4. The van der Waals surface area contributed by atoms with E-state index in [4.69, 9.17) is 4.74 Å². The quantitative estimate of drug-likeness (QED) is 0.448. The number of thiophene rings is 1. The molecule has 2 aromatic rings. The number of aromatic carboxylic acids is 1. The van der Waals surface area contributed by atoms with Crippen LogP contribution in [0.4, 0.5) is 11.5 Å². The van der Waals surface area contributed by atoms with Gasteiger partial charge in [0.25, 0.3) is 0 Å². The highest BCUT2D eigenvalue weighted by Crippen LogP contribution is 2.42. The van der Waals surface area contributed by atoms with Crippen molar-refractivity contribution < 1.29 is 19.4 Å². The molecule has 2 aromatic heterocycles. The Hall–Kier alpha value is -2.68. The van der Waals surface area contributed by atoms with Crippen molar-refractivity contribution in [3.63, 3.8) is 0 Å². The lowest BCUT2D eigenvalue weighted by atomic mass is 9.81. The van der Waals surface area contributed by atoms with Crippen molar-refractivity contribution in [3.8, 4) is 5.88 Å². The first-order valence-electron chi connectivity index (χ1n) is 13.8. The molecule has 38 heavy (non-hydrogen) atoms. The number of carboxylic acids is 1. The van der Waals surface area contributed by atoms with Crippen LogP contribution < -0.4 is 14.5 Å². The van der Waals surface area contributed by atoms with E-state index in [2.05, 4.69) is 37.7 Å². The third-order valence-electron chi connectivity index (χ3n) is 7.89. The second-order valence-electron chi connectivity index (χ2n) is 12.2. The van der Waals surface area contributed by atoms with Crippen molar-refractivity contribution in [1.82, 2.24) is 9.97 Å². The van der Waals surface area contributed by atoms with Crippen LogP contribution in [0.25, 0.3) is 0 Å². The Kier molecular flexibility index (Phi) is 8.65. The first-order valence-corrected chi connectivity index (χ1v) is 14.6. The summed E-state index contributed by atoms with van der Waals surface area (Å²) >= 11 is 1.30. The number of carbonyl (C=O) groups excluding carboxylic acids is 1. The van der Waals surface area contributed by atoms with Crippen LogP contribution in [0.1, 0.15) is 93.6 Å². The van der Waals surface area contributed by atoms with Gasteiger partial charge in [-0.25, -0.2) is 14.8 Å². The second kappa shape index (κ2) is 11.6. The van der Waals surface area contributed by atoms with E-state index in [0.717, 1.165) is 62.1 Å². The molecule has 2 aliphatic carbocycles. The maximum atomic E-state index is 14.1. The van der Waals surface area contributed by atoms with E-state index in [0.29, 0.717) is 17.5 Å². The SMILES string of the molecule is CC1CCC(C(=O)N(c2cc(C(C)(C)C)sc2C(=O)O)C2CCC(Oc3cc(N(C)C)ncn3)CC2)CC1. The maximum Gasteiger partial charge on any atom is 0.348 e. The molecule has 0 spiro atoms. The molecule has 0 unspecified atom stereocenters. The molecular formula is C29H42N4O4S. The lowest BCUT2D eigenvalue weighted by Gasteiger charge is -2.39. The fraction of sp³-hybridized carbons (Fsp3) is 0.655. The summed E-state index contributed by atoms with van der Waals surface area (Å²) in [4.78, 5) is 40.0. The summed E-state index contributed by atoms with van der Waals surface area (Å²) in [7, 11) is 3.85. The van der Waals surface area contributed by atoms with Crippen LogP contribution in [0.5, 0.6) is 5.88 Å². The number of anilines is 2. The van der Waals surface area contributed by atoms with E-state index < -0.39 is 5.97 Å². The van der Waals surface area contributed by atoms with Crippen molar-refractivity contribution in [3.05, 3.63) is 28.2 Å². The van der Waals surface area contributed by atoms with Gasteiger partial charge in [0.2, 0.25) is 11.8 Å². The molecular weight excluding hydrogens is 500 g/mol. The maximum absolute atomic E-state index is 14.1. The second-order valence-corrected chi connectivity index (χ2v) is 13.3. The summed E-state index contributed by atoms with van der Waals surface area (Å²) < 4.78 is 6.21. The molecule has 2 heterocycles. The summed E-state index contributed by atoms with van der Waals surface area (Å²) in [5.74, 6) is 1.05. The van der Waals surface area contributed by atoms with Crippen molar-refractivity contribution in [2.45, 2.75) is 96.6 Å². The largest absolute Gasteiger partial charge is 0.477 e. The van der Waals surface area contributed by atoms with Crippen LogP contribution >= 0.6 is 11.3 Å². The van der Waals surface area contributed by atoms with Crippen molar-refractivity contribution in [1.29, 1.82) is 0 Å². The third kappa shape index (κ3) is 6.47. The highest BCUT2D eigenvalue weighted by molar-refractivity contribution is 7.14. The van der Waals surface area contributed by atoms with Crippen molar-refractivity contribution >= 4 is 34.7 Å². The average molecular weight is 543 g/mol. The number of amides is 1. The highest BCUT2D eigenvalue weighted by Gasteiger charge is 2.38. The van der Waals surface area contributed by atoms with Gasteiger partial charge in [0.1, 0.15) is 23.1 Å². The molecule has 0 aromatic carbocycles. The Labute approximate surface area is 230 Å². The van der Waals surface area contributed by atoms with Crippen LogP contribution in [0.2, 0.25) is 0 Å². The predicted octanol–water partition coefficient (Wildman–Crippen LogP) is 6.15. The van der Waals surface area contributed by atoms with E-state index in [1.807, 2.05) is 36.0 Å². The van der Waals surface area contributed by atoms with E-state index in [1.54, 1.807) is 0 Å². The van der Waals surface area contributed by atoms with Crippen LogP contribution in [0.3, 0.4) is 0 Å². The Morgan fingerprint density at radius 3 is 2.24 bits per heavy atom. The number of hydrogen-bond donors (Lipinski definition) is 1. The van der Waals surface area contributed by atoms with Gasteiger partial charge in [-0.15, -0.1) is 11.3 Å². The van der Waals surface area contributed by atoms with Gasteiger partial charge < -0.3 is 19.6 Å². The Balaban J connectivity index is 1.57. The zero-order chi connectivity index (χ0) is 27.6. The minimum atomic E-state index is -0.965. The highest BCUT2D eigenvalue weighted by atomic mass is 32.1. The predicted molar refractivity (Wildman–Crippen MR) is 152 cm³/mol. The van der Waals surface area contributed by atoms with Crippen molar-refractivity contribution in [2.75, 3.05) is 23.9 Å². The molecule has 1 N–H and O–H groups in total. The lowest BCUT2D eigenvalue weighted by molar-refractivity contribution is -0.124. The first-order chi connectivity index (χ1) is 17.9. The summed E-state index contributed by atoms with van der Waals surface area (Å²) in [5.41, 5.74) is 0.378. The summed E-state index contributed by atoms with van der Waals surface area (Å²) in [6.45, 7) is 8.50. The number of hydrogen-bond acceptors (Lipinski definition) is 7. The zero-order valence-corrected chi connectivity index (χ0v) is 24.4. The molecule has 2 fully saturated rings. The summed E-state index contributed by atoms with van der Waals surface area (Å²) in [5, 5.41) is 10.1. The van der Waals surface area contributed by atoms with Crippen LogP contribution in [0.15, 0.2) is 18.5 Å². The molecule has 8 nitrogen and oxygen atoms in total. The Bertz CT molecular complexity index is 1130. The molecule has 2 saturated carbocycles. The third-order valence-corrected chi connectivity index (χ3v) is 9.43. The fourth-order valence-corrected chi connectivity index (χ4v) is 6.56. The molecule has 0 aliphatic heterocycles. The summed E-state index contributed by atoms with van der Waals surface area (Å²) in [6.07, 6.45) is 8.39. The molecule has 0 saturated heterocycles.